The van der Waals surface area contributed by atoms with Crippen molar-refractivity contribution >= 4 is 23.3 Å². The zero-order chi connectivity index (χ0) is 17.8. The van der Waals surface area contributed by atoms with Crippen LogP contribution in [0.5, 0.6) is 0 Å². The highest BCUT2D eigenvalue weighted by atomic mass is 16.2. The maximum atomic E-state index is 12.3. The van der Waals surface area contributed by atoms with Gasteiger partial charge in [-0.2, -0.15) is 0 Å². The van der Waals surface area contributed by atoms with Gasteiger partial charge in [-0.15, -0.1) is 0 Å². The first-order chi connectivity index (χ1) is 12.0. The number of fused-ring (bicyclic) bond motifs is 1. The van der Waals surface area contributed by atoms with E-state index >= 15 is 0 Å². The van der Waals surface area contributed by atoms with E-state index in [0.29, 0.717) is 11.3 Å². The Morgan fingerprint density at radius 2 is 1.72 bits per heavy atom. The van der Waals surface area contributed by atoms with Crippen molar-refractivity contribution in [1.82, 2.24) is 0 Å². The minimum Gasteiger partial charge on any atom is -0.366 e. The largest absolute Gasteiger partial charge is 0.366 e. The summed E-state index contributed by atoms with van der Waals surface area (Å²) in [5, 5.41) is 2.65. The molecule has 0 aromatic heterocycles. The molecule has 25 heavy (non-hydrogen) atoms. The smallest absolute Gasteiger partial charge is 0.250 e. The summed E-state index contributed by atoms with van der Waals surface area (Å²) in [4.78, 5) is 35.8. The molecule has 0 saturated carbocycles. The van der Waals surface area contributed by atoms with Crippen LogP contribution in [0.25, 0.3) is 0 Å². The van der Waals surface area contributed by atoms with Crippen molar-refractivity contribution in [3.05, 3.63) is 64.7 Å². The van der Waals surface area contributed by atoms with Crippen LogP contribution in [0.4, 0.5) is 5.69 Å². The molecule has 5 heteroatoms. The summed E-state index contributed by atoms with van der Waals surface area (Å²) in [6.45, 7) is 0. The minimum atomic E-state index is -0.606. The van der Waals surface area contributed by atoms with Crippen LogP contribution in [0.15, 0.2) is 42.5 Å². The number of hydrogen-bond donors (Lipinski definition) is 2. The molecule has 2 aromatic carbocycles. The molecule has 1 aliphatic carbocycles. The number of primary amides is 1. The Kier molecular flexibility index (Phi) is 4.93. The van der Waals surface area contributed by atoms with E-state index in [4.69, 9.17) is 5.73 Å². The molecule has 5 nitrogen and oxygen atoms in total. The summed E-state index contributed by atoms with van der Waals surface area (Å²) in [5.41, 5.74) is 9.12. The summed E-state index contributed by atoms with van der Waals surface area (Å²) in [5.74, 6) is -0.971. The Labute approximate surface area is 146 Å². The monoisotopic (exact) mass is 336 g/mol. The molecule has 3 rings (SSSR count). The fourth-order valence-electron chi connectivity index (χ4n) is 3.14. The Bertz CT molecular complexity index is 843. The van der Waals surface area contributed by atoms with Crippen molar-refractivity contribution in [2.24, 2.45) is 5.73 Å². The molecule has 0 radical (unpaired) electrons. The number of Topliss-reactive ketones (excluding diaryl/α,β-unsaturated/α-hetero) is 1. The molecule has 0 spiro atoms. The molecule has 0 unspecified atom stereocenters. The lowest BCUT2D eigenvalue weighted by molar-refractivity contribution is -0.116. The van der Waals surface area contributed by atoms with Gasteiger partial charge in [0.2, 0.25) is 5.91 Å². The average molecular weight is 336 g/mol. The van der Waals surface area contributed by atoms with Gasteiger partial charge in [-0.1, -0.05) is 24.3 Å². The van der Waals surface area contributed by atoms with Crippen LogP contribution >= 0.6 is 0 Å². The van der Waals surface area contributed by atoms with Gasteiger partial charge in [0.15, 0.2) is 5.78 Å². The van der Waals surface area contributed by atoms with Gasteiger partial charge in [-0.25, -0.2) is 0 Å². The fourth-order valence-corrected chi connectivity index (χ4v) is 3.14. The highest BCUT2D eigenvalue weighted by Crippen LogP contribution is 2.23. The lowest BCUT2D eigenvalue weighted by atomic mass is 10.0. The third-order valence-corrected chi connectivity index (χ3v) is 4.47. The second-order valence-corrected chi connectivity index (χ2v) is 6.22. The first kappa shape index (κ1) is 16.9. The van der Waals surface area contributed by atoms with E-state index in [1.54, 1.807) is 24.3 Å². The van der Waals surface area contributed by atoms with Crippen molar-refractivity contribution in [3.63, 3.8) is 0 Å². The average Bonchev–Trinajstić information content (AvgIpc) is 3.07. The predicted octanol–water partition coefficient (Wildman–Crippen LogP) is 2.88. The Hall–Kier alpha value is -2.95. The SMILES string of the molecule is NC(=O)c1ccccc1NC(=O)CCC(=O)c1ccc2c(c1)CCC2. The lowest BCUT2D eigenvalue weighted by Gasteiger charge is -2.09. The van der Waals surface area contributed by atoms with Gasteiger partial charge >= 0.3 is 0 Å². The second-order valence-electron chi connectivity index (χ2n) is 6.22. The molecular formula is C20H20N2O3. The predicted molar refractivity (Wildman–Crippen MR) is 95.6 cm³/mol. The molecular weight excluding hydrogens is 316 g/mol. The summed E-state index contributed by atoms with van der Waals surface area (Å²) >= 11 is 0. The van der Waals surface area contributed by atoms with Gasteiger partial charge in [0.05, 0.1) is 11.3 Å². The summed E-state index contributed by atoms with van der Waals surface area (Å²) in [6, 6.07) is 12.3. The number of para-hydroxylation sites is 1. The highest BCUT2D eigenvalue weighted by molar-refractivity contribution is 6.04. The quantitative estimate of drug-likeness (QED) is 0.795. The Morgan fingerprint density at radius 1 is 0.960 bits per heavy atom. The molecule has 128 valence electrons. The van der Waals surface area contributed by atoms with Crippen LogP contribution in [0.2, 0.25) is 0 Å². The van der Waals surface area contributed by atoms with Crippen molar-refractivity contribution in [2.45, 2.75) is 32.1 Å². The Morgan fingerprint density at radius 3 is 2.52 bits per heavy atom. The number of benzene rings is 2. The highest BCUT2D eigenvalue weighted by Gasteiger charge is 2.16. The summed E-state index contributed by atoms with van der Waals surface area (Å²) < 4.78 is 0. The first-order valence-corrected chi connectivity index (χ1v) is 8.38. The third-order valence-electron chi connectivity index (χ3n) is 4.47. The number of ketones is 1. The standard InChI is InChI=1S/C20H20N2O3/c21-20(25)16-6-1-2-7-17(16)22-19(24)11-10-18(23)15-9-8-13-4-3-5-14(13)12-15/h1-2,6-9,12H,3-5,10-11H2,(H2,21,25)(H,22,24). The molecule has 1 aliphatic rings. The maximum Gasteiger partial charge on any atom is 0.250 e. The van der Waals surface area contributed by atoms with Gasteiger partial charge in [0.25, 0.3) is 5.91 Å². The van der Waals surface area contributed by atoms with Crippen LogP contribution in [0.1, 0.15) is 51.1 Å². The number of anilines is 1. The molecule has 2 aromatic rings. The molecule has 0 bridgehead atoms. The van der Waals surface area contributed by atoms with Gasteiger partial charge in [-0.3, -0.25) is 14.4 Å². The van der Waals surface area contributed by atoms with E-state index in [1.165, 1.54) is 11.1 Å². The molecule has 3 N–H and O–H groups in total. The topological polar surface area (TPSA) is 89.3 Å². The van der Waals surface area contributed by atoms with Gasteiger partial charge in [-0.05, 0) is 48.6 Å². The first-order valence-electron chi connectivity index (χ1n) is 8.38. The van der Waals surface area contributed by atoms with Crippen molar-refractivity contribution in [2.75, 3.05) is 5.32 Å². The van der Waals surface area contributed by atoms with E-state index in [1.807, 2.05) is 18.2 Å². The third kappa shape index (κ3) is 3.94. The number of amides is 2. The molecule has 0 heterocycles. The molecule has 0 aliphatic heterocycles. The van der Waals surface area contributed by atoms with Crippen LogP contribution < -0.4 is 11.1 Å². The fraction of sp³-hybridized carbons (Fsp3) is 0.250. The molecule has 0 saturated heterocycles. The van der Waals surface area contributed by atoms with E-state index in [2.05, 4.69) is 5.32 Å². The molecule has 0 fully saturated rings. The number of hydrogen-bond acceptors (Lipinski definition) is 3. The van der Waals surface area contributed by atoms with Gasteiger partial charge in [0, 0.05) is 18.4 Å². The number of aryl methyl sites for hydroxylation is 2. The Balaban J connectivity index is 1.59. The van der Waals surface area contributed by atoms with E-state index in [9.17, 15) is 14.4 Å². The van der Waals surface area contributed by atoms with Crippen LogP contribution in [0, 0.1) is 0 Å². The zero-order valence-corrected chi connectivity index (χ0v) is 13.9. The number of rotatable bonds is 6. The normalized spacial score (nSPS) is 12.5. The zero-order valence-electron chi connectivity index (χ0n) is 13.9. The van der Waals surface area contributed by atoms with E-state index in [0.717, 1.165) is 19.3 Å². The van der Waals surface area contributed by atoms with E-state index in [-0.39, 0.29) is 30.1 Å². The van der Waals surface area contributed by atoms with Crippen molar-refractivity contribution in [1.29, 1.82) is 0 Å². The minimum absolute atomic E-state index is 0.0481. The number of nitrogens with two attached hydrogens (primary N) is 1. The summed E-state index contributed by atoms with van der Waals surface area (Å²) in [7, 11) is 0. The van der Waals surface area contributed by atoms with Crippen molar-refractivity contribution < 1.29 is 14.4 Å². The van der Waals surface area contributed by atoms with E-state index < -0.39 is 5.91 Å². The van der Waals surface area contributed by atoms with Crippen molar-refractivity contribution in [3.8, 4) is 0 Å². The maximum absolute atomic E-state index is 12.3. The van der Waals surface area contributed by atoms with Gasteiger partial charge < -0.3 is 11.1 Å². The lowest BCUT2D eigenvalue weighted by Crippen LogP contribution is -2.18. The number of nitrogens with one attached hydrogen (secondary N) is 1. The number of carbonyl (C=O) groups is 3. The summed E-state index contributed by atoms with van der Waals surface area (Å²) in [6.07, 6.45) is 3.41. The van der Waals surface area contributed by atoms with Crippen LogP contribution in [-0.4, -0.2) is 17.6 Å². The van der Waals surface area contributed by atoms with Crippen LogP contribution in [0.3, 0.4) is 0 Å². The van der Waals surface area contributed by atoms with Crippen LogP contribution in [-0.2, 0) is 17.6 Å². The number of carbonyl (C=O) groups excluding carboxylic acids is 3. The second kappa shape index (κ2) is 7.30. The molecule has 0 atom stereocenters. The van der Waals surface area contributed by atoms with Gasteiger partial charge in [0.1, 0.15) is 0 Å². The molecule has 2 amide bonds.